The number of ether oxygens (including phenoxy) is 1. The largest absolute Gasteiger partial charge is 0.448 e. The van der Waals surface area contributed by atoms with E-state index >= 15 is 0 Å². The van der Waals surface area contributed by atoms with Gasteiger partial charge in [0.2, 0.25) is 5.91 Å². The van der Waals surface area contributed by atoms with Gasteiger partial charge < -0.3 is 15.8 Å². The Morgan fingerprint density at radius 3 is 2.38 bits per heavy atom. The quantitative estimate of drug-likeness (QED) is 0.831. The number of primary amides is 1. The van der Waals surface area contributed by atoms with E-state index in [0.717, 1.165) is 11.3 Å². The molecule has 1 aromatic heterocycles. The molecule has 0 aliphatic rings. The zero-order valence-corrected chi connectivity index (χ0v) is 13.6. The molecule has 1 aromatic rings. The van der Waals surface area contributed by atoms with Crippen LogP contribution in [-0.4, -0.2) is 23.9 Å². The van der Waals surface area contributed by atoms with E-state index in [1.54, 1.807) is 33.8 Å². The van der Waals surface area contributed by atoms with Crippen molar-refractivity contribution in [3.05, 3.63) is 16.5 Å². The number of anilines is 1. The molecule has 0 aliphatic heterocycles. The van der Waals surface area contributed by atoms with Crippen molar-refractivity contribution in [2.45, 2.75) is 40.7 Å². The van der Waals surface area contributed by atoms with Crippen molar-refractivity contribution in [3.63, 3.8) is 0 Å². The summed E-state index contributed by atoms with van der Waals surface area (Å²) in [4.78, 5) is 35.1. The molecule has 21 heavy (non-hydrogen) atoms. The summed E-state index contributed by atoms with van der Waals surface area (Å²) in [6.07, 6.45) is -0.994. The lowest BCUT2D eigenvalue weighted by atomic mass is 9.96. The Hall–Kier alpha value is -1.89. The summed E-state index contributed by atoms with van der Waals surface area (Å²) in [5.74, 6) is -1.48. The van der Waals surface area contributed by atoms with Crippen LogP contribution in [0.1, 0.15) is 42.9 Å². The molecule has 0 aliphatic carbocycles. The van der Waals surface area contributed by atoms with E-state index < -0.39 is 23.4 Å². The highest BCUT2D eigenvalue weighted by atomic mass is 32.1. The van der Waals surface area contributed by atoms with Crippen LogP contribution in [0, 0.1) is 12.3 Å². The minimum atomic E-state index is -0.994. The van der Waals surface area contributed by atoms with Gasteiger partial charge in [0.05, 0.1) is 5.00 Å². The van der Waals surface area contributed by atoms with Crippen LogP contribution in [0.2, 0.25) is 0 Å². The molecule has 0 spiro atoms. The second kappa shape index (κ2) is 6.26. The topological polar surface area (TPSA) is 98.5 Å². The fraction of sp³-hybridized carbons (Fsp3) is 0.500. The third-order valence-electron chi connectivity index (χ3n) is 2.71. The normalized spacial score (nSPS) is 12.6. The van der Waals surface area contributed by atoms with Gasteiger partial charge in [0.25, 0.3) is 5.91 Å². The van der Waals surface area contributed by atoms with Crippen LogP contribution in [0.3, 0.4) is 0 Å². The van der Waals surface area contributed by atoms with Crippen LogP contribution < -0.4 is 11.1 Å². The number of rotatable bonds is 4. The zero-order valence-electron chi connectivity index (χ0n) is 12.8. The van der Waals surface area contributed by atoms with Gasteiger partial charge in [-0.05, 0) is 25.5 Å². The zero-order chi connectivity index (χ0) is 16.4. The van der Waals surface area contributed by atoms with Gasteiger partial charge in [-0.1, -0.05) is 20.8 Å². The molecular formula is C14H20N2O4S. The molecule has 0 bridgehead atoms. The van der Waals surface area contributed by atoms with E-state index in [1.807, 2.05) is 0 Å². The molecule has 7 heteroatoms. The Morgan fingerprint density at radius 1 is 1.33 bits per heavy atom. The lowest BCUT2D eigenvalue weighted by Gasteiger charge is -2.16. The number of nitrogens with two attached hydrogens (primary N) is 1. The van der Waals surface area contributed by atoms with Crippen molar-refractivity contribution in [1.82, 2.24) is 0 Å². The summed E-state index contributed by atoms with van der Waals surface area (Å²) in [5.41, 5.74) is 5.19. The van der Waals surface area contributed by atoms with Crippen molar-refractivity contribution in [1.29, 1.82) is 0 Å². The molecule has 2 amide bonds. The summed E-state index contributed by atoms with van der Waals surface area (Å²) in [6, 6.07) is 1.69. The molecule has 1 atom stereocenters. The number of nitrogens with one attached hydrogen (secondary N) is 1. The van der Waals surface area contributed by atoms with Gasteiger partial charge in [-0.2, -0.15) is 0 Å². The maximum atomic E-state index is 11.9. The van der Waals surface area contributed by atoms with Crippen LogP contribution >= 0.6 is 11.3 Å². The third-order valence-corrected chi connectivity index (χ3v) is 3.84. The number of amides is 2. The number of thiophene rings is 1. The summed E-state index contributed by atoms with van der Waals surface area (Å²) in [6.45, 7) is 8.53. The highest BCUT2D eigenvalue weighted by molar-refractivity contribution is 7.18. The van der Waals surface area contributed by atoms with Crippen molar-refractivity contribution >= 4 is 34.1 Å². The number of hydrogen-bond donors (Lipinski definition) is 2. The van der Waals surface area contributed by atoms with Crippen LogP contribution in [0.4, 0.5) is 5.00 Å². The number of aryl methyl sites for hydroxylation is 1. The van der Waals surface area contributed by atoms with Gasteiger partial charge in [-0.3, -0.25) is 9.59 Å². The Labute approximate surface area is 127 Å². The molecule has 1 heterocycles. The number of hydrogen-bond acceptors (Lipinski definition) is 5. The Bertz CT molecular complexity index is 572. The van der Waals surface area contributed by atoms with Crippen LogP contribution in [-0.2, 0) is 14.3 Å². The van der Waals surface area contributed by atoms with E-state index in [2.05, 4.69) is 5.32 Å². The lowest BCUT2D eigenvalue weighted by molar-refractivity contribution is -0.125. The SMILES string of the molecule is Cc1cc(NC(=O)C(C)(C)C)sc1C(=O)OC(C)C(N)=O. The predicted molar refractivity (Wildman–Crippen MR) is 81.2 cm³/mol. The van der Waals surface area contributed by atoms with Gasteiger partial charge in [0.1, 0.15) is 4.88 Å². The standard InChI is InChI=1S/C14H20N2O4S/c1-7-6-9(16-13(19)14(3,4)5)21-10(7)12(18)20-8(2)11(15)17/h6,8H,1-5H3,(H2,15,17)(H,16,19). The van der Waals surface area contributed by atoms with E-state index in [0.29, 0.717) is 15.4 Å². The van der Waals surface area contributed by atoms with Crippen LogP contribution in [0.5, 0.6) is 0 Å². The highest BCUT2D eigenvalue weighted by Crippen LogP contribution is 2.29. The molecule has 0 saturated heterocycles. The van der Waals surface area contributed by atoms with E-state index in [9.17, 15) is 14.4 Å². The summed E-state index contributed by atoms with van der Waals surface area (Å²) >= 11 is 1.11. The van der Waals surface area contributed by atoms with E-state index in [-0.39, 0.29) is 5.91 Å². The Kier molecular flexibility index (Phi) is 5.11. The maximum Gasteiger partial charge on any atom is 0.349 e. The molecule has 6 nitrogen and oxygen atoms in total. The van der Waals surface area contributed by atoms with Crippen LogP contribution in [0.25, 0.3) is 0 Å². The first-order chi connectivity index (χ1) is 9.52. The van der Waals surface area contributed by atoms with Crippen LogP contribution in [0.15, 0.2) is 6.07 Å². The van der Waals surface area contributed by atoms with E-state index in [1.165, 1.54) is 6.92 Å². The molecule has 0 fully saturated rings. The minimum absolute atomic E-state index is 0.144. The van der Waals surface area contributed by atoms with Gasteiger partial charge >= 0.3 is 5.97 Å². The second-order valence-electron chi connectivity index (χ2n) is 5.78. The van der Waals surface area contributed by atoms with Gasteiger partial charge in [0.15, 0.2) is 6.10 Å². The molecule has 0 saturated carbocycles. The first-order valence-corrected chi connectivity index (χ1v) is 7.26. The number of esters is 1. The Balaban J connectivity index is 2.86. The van der Waals surface area contributed by atoms with Crippen molar-refractivity contribution in [2.75, 3.05) is 5.32 Å². The average molecular weight is 312 g/mol. The maximum absolute atomic E-state index is 11.9. The molecule has 1 unspecified atom stereocenters. The number of carbonyl (C=O) groups is 3. The van der Waals surface area contributed by atoms with Gasteiger partial charge in [-0.25, -0.2) is 4.79 Å². The minimum Gasteiger partial charge on any atom is -0.448 e. The van der Waals surface area contributed by atoms with Gasteiger partial charge in [0, 0.05) is 5.41 Å². The average Bonchev–Trinajstić information content (AvgIpc) is 2.68. The smallest absolute Gasteiger partial charge is 0.349 e. The molecule has 0 aromatic carbocycles. The monoisotopic (exact) mass is 312 g/mol. The molecule has 3 N–H and O–H groups in total. The van der Waals surface area contributed by atoms with E-state index in [4.69, 9.17) is 10.5 Å². The van der Waals surface area contributed by atoms with Gasteiger partial charge in [-0.15, -0.1) is 11.3 Å². The first-order valence-electron chi connectivity index (χ1n) is 6.44. The fourth-order valence-corrected chi connectivity index (χ4v) is 2.27. The second-order valence-corrected chi connectivity index (χ2v) is 6.83. The lowest BCUT2D eigenvalue weighted by Crippen LogP contribution is -2.30. The molecule has 1 rings (SSSR count). The summed E-state index contributed by atoms with van der Waals surface area (Å²) in [5, 5.41) is 3.32. The molecular weight excluding hydrogens is 292 g/mol. The Morgan fingerprint density at radius 2 is 1.90 bits per heavy atom. The first kappa shape index (κ1) is 17.2. The third kappa shape index (κ3) is 4.56. The summed E-state index contributed by atoms with van der Waals surface area (Å²) < 4.78 is 4.95. The molecule has 116 valence electrons. The van der Waals surface area contributed by atoms with Crippen molar-refractivity contribution in [3.8, 4) is 0 Å². The fourth-order valence-electron chi connectivity index (χ4n) is 1.32. The highest BCUT2D eigenvalue weighted by Gasteiger charge is 2.24. The molecule has 0 radical (unpaired) electrons. The van der Waals surface area contributed by atoms with Crippen molar-refractivity contribution < 1.29 is 19.1 Å². The summed E-state index contributed by atoms with van der Waals surface area (Å²) in [7, 11) is 0. The van der Waals surface area contributed by atoms with Crippen molar-refractivity contribution in [2.24, 2.45) is 11.1 Å². The predicted octanol–water partition coefficient (Wildman–Crippen LogP) is 2.07. The number of carbonyl (C=O) groups excluding carboxylic acids is 3.